The van der Waals surface area contributed by atoms with Gasteiger partial charge in [-0.25, -0.2) is 0 Å². The number of aryl methyl sites for hydroxylation is 1. The molecular weight excluding hydrogens is 364 g/mol. The second kappa shape index (κ2) is 7.98. The van der Waals surface area contributed by atoms with Gasteiger partial charge in [-0.2, -0.15) is 0 Å². The molecule has 0 aliphatic rings. The number of benzene rings is 3. The fourth-order valence-corrected chi connectivity index (χ4v) is 3.19. The van der Waals surface area contributed by atoms with Crippen LogP contribution in [0, 0.1) is 0 Å². The zero-order valence-electron chi connectivity index (χ0n) is 15.9. The van der Waals surface area contributed by atoms with Crippen LogP contribution in [-0.2, 0) is 13.5 Å². The number of nitrogens with zero attached hydrogens (tertiary/aromatic N) is 3. The molecule has 0 saturated heterocycles. The standard InChI is InChI=1S/C23H20N4O2/c1-27-15-24-26-22(27)18-8-5-9-19(14-18)25-23(29)20-13-17(10-11-21(20)28)12-16-6-3-2-4-7-16/h2-11,13-15,28H,12H2,1H3,(H,25,29). The molecule has 3 aromatic carbocycles. The highest BCUT2D eigenvalue weighted by Crippen LogP contribution is 2.24. The Morgan fingerprint density at radius 1 is 1.00 bits per heavy atom. The van der Waals surface area contributed by atoms with E-state index in [0.29, 0.717) is 17.9 Å². The summed E-state index contributed by atoms with van der Waals surface area (Å²) < 4.78 is 1.81. The molecule has 0 unspecified atom stereocenters. The van der Waals surface area contributed by atoms with Gasteiger partial charge in [0.15, 0.2) is 5.82 Å². The average Bonchev–Trinajstić information content (AvgIpc) is 3.16. The van der Waals surface area contributed by atoms with E-state index in [1.165, 1.54) is 0 Å². The normalized spacial score (nSPS) is 10.7. The fourth-order valence-electron chi connectivity index (χ4n) is 3.19. The van der Waals surface area contributed by atoms with Crippen LogP contribution < -0.4 is 5.32 Å². The summed E-state index contributed by atoms with van der Waals surface area (Å²) >= 11 is 0. The topological polar surface area (TPSA) is 80.0 Å². The molecule has 0 fully saturated rings. The molecule has 0 spiro atoms. The first-order chi connectivity index (χ1) is 14.1. The average molecular weight is 384 g/mol. The zero-order chi connectivity index (χ0) is 20.2. The van der Waals surface area contributed by atoms with Crippen molar-refractivity contribution in [2.75, 3.05) is 5.32 Å². The van der Waals surface area contributed by atoms with Crippen LogP contribution >= 0.6 is 0 Å². The summed E-state index contributed by atoms with van der Waals surface area (Å²) in [5.41, 5.74) is 3.78. The lowest BCUT2D eigenvalue weighted by Crippen LogP contribution is -2.12. The summed E-state index contributed by atoms with van der Waals surface area (Å²) in [5.74, 6) is 0.282. The van der Waals surface area contributed by atoms with E-state index in [-0.39, 0.29) is 17.2 Å². The molecule has 144 valence electrons. The number of carbonyl (C=O) groups is 1. The largest absolute Gasteiger partial charge is 0.507 e. The Labute approximate surface area is 168 Å². The Kier molecular flexibility index (Phi) is 5.07. The van der Waals surface area contributed by atoms with Crippen molar-refractivity contribution < 1.29 is 9.90 Å². The first-order valence-electron chi connectivity index (χ1n) is 9.22. The van der Waals surface area contributed by atoms with E-state index < -0.39 is 0 Å². The predicted molar refractivity (Wildman–Crippen MR) is 112 cm³/mol. The van der Waals surface area contributed by atoms with Gasteiger partial charge < -0.3 is 15.0 Å². The fraction of sp³-hybridized carbons (Fsp3) is 0.0870. The van der Waals surface area contributed by atoms with Crippen LogP contribution in [0.2, 0.25) is 0 Å². The van der Waals surface area contributed by atoms with Gasteiger partial charge in [-0.15, -0.1) is 10.2 Å². The monoisotopic (exact) mass is 384 g/mol. The van der Waals surface area contributed by atoms with E-state index in [4.69, 9.17) is 0 Å². The molecule has 0 aliphatic carbocycles. The van der Waals surface area contributed by atoms with Crippen molar-refractivity contribution in [3.63, 3.8) is 0 Å². The number of nitrogens with one attached hydrogen (secondary N) is 1. The van der Waals surface area contributed by atoms with Crippen molar-refractivity contribution in [2.45, 2.75) is 6.42 Å². The summed E-state index contributed by atoms with van der Waals surface area (Å²) in [6, 6.07) is 22.5. The van der Waals surface area contributed by atoms with Gasteiger partial charge in [0.2, 0.25) is 0 Å². The van der Waals surface area contributed by atoms with Crippen molar-refractivity contribution in [3.05, 3.63) is 95.8 Å². The SMILES string of the molecule is Cn1cnnc1-c1cccc(NC(=O)c2cc(Cc3ccccc3)ccc2O)c1. The quantitative estimate of drug-likeness (QED) is 0.544. The summed E-state index contributed by atoms with van der Waals surface area (Å²) in [6.07, 6.45) is 2.31. The second-order valence-corrected chi connectivity index (χ2v) is 6.81. The maximum absolute atomic E-state index is 12.8. The van der Waals surface area contributed by atoms with E-state index >= 15 is 0 Å². The van der Waals surface area contributed by atoms with Crippen LogP contribution in [0.15, 0.2) is 79.1 Å². The van der Waals surface area contributed by atoms with Crippen molar-refractivity contribution in [3.8, 4) is 17.1 Å². The number of phenols is 1. The molecule has 6 heteroatoms. The first kappa shape index (κ1) is 18.4. The summed E-state index contributed by atoms with van der Waals surface area (Å²) in [6.45, 7) is 0. The number of carbonyl (C=O) groups excluding carboxylic acids is 1. The summed E-state index contributed by atoms with van der Waals surface area (Å²) in [4.78, 5) is 12.8. The number of phenolic OH excluding ortho intramolecular Hbond substituents is 1. The molecule has 0 bridgehead atoms. The minimum Gasteiger partial charge on any atom is -0.507 e. The highest BCUT2D eigenvalue weighted by molar-refractivity contribution is 6.06. The van der Waals surface area contributed by atoms with E-state index in [1.54, 1.807) is 29.1 Å². The lowest BCUT2D eigenvalue weighted by atomic mass is 10.0. The van der Waals surface area contributed by atoms with Gasteiger partial charge in [-0.1, -0.05) is 48.5 Å². The van der Waals surface area contributed by atoms with Gasteiger partial charge in [0.05, 0.1) is 5.56 Å². The number of hydrogen-bond donors (Lipinski definition) is 2. The lowest BCUT2D eigenvalue weighted by molar-refractivity contribution is 0.102. The third-order valence-corrected chi connectivity index (χ3v) is 4.65. The molecule has 0 radical (unpaired) electrons. The molecule has 1 heterocycles. The molecule has 1 amide bonds. The molecule has 1 aromatic heterocycles. The molecule has 6 nitrogen and oxygen atoms in total. The van der Waals surface area contributed by atoms with Crippen LogP contribution in [0.3, 0.4) is 0 Å². The molecule has 4 aromatic rings. The van der Waals surface area contributed by atoms with Crippen molar-refractivity contribution in [1.29, 1.82) is 0 Å². The molecular formula is C23H20N4O2. The third kappa shape index (κ3) is 4.16. The van der Waals surface area contributed by atoms with Crippen LogP contribution in [0.5, 0.6) is 5.75 Å². The Hall–Kier alpha value is -3.93. The predicted octanol–water partition coefficient (Wildman–Crippen LogP) is 4.03. The highest BCUT2D eigenvalue weighted by Gasteiger charge is 2.14. The summed E-state index contributed by atoms with van der Waals surface area (Å²) in [5, 5.41) is 21.0. The first-order valence-corrected chi connectivity index (χ1v) is 9.22. The Balaban J connectivity index is 1.56. The molecule has 0 saturated carbocycles. The van der Waals surface area contributed by atoms with E-state index in [1.807, 2.05) is 61.6 Å². The second-order valence-electron chi connectivity index (χ2n) is 6.81. The van der Waals surface area contributed by atoms with E-state index in [0.717, 1.165) is 16.7 Å². The Morgan fingerprint density at radius 2 is 1.83 bits per heavy atom. The summed E-state index contributed by atoms with van der Waals surface area (Å²) in [7, 11) is 1.86. The van der Waals surface area contributed by atoms with Crippen LogP contribution in [0.25, 0.3) is 11.4 Å². The van der Waals surface area contributed by atoms with Gasteiger partial charge in [-0.3, -0.25) is 4.79 Å². The van der Waals surface area contributed by atoms with Gasteiger partial charge in [0.25, 0.3) is 5.91 Å². The van der Waals surface area contributed by atoms with Crippen molar-refractivity contribution in [2.24, 2.45) is 7.05 Å². The van der Waals surface area contributed by atoms with Gasteiger partial charge in [0, 0.05) is 18.3 Å². The minimum absolute atomic E-state index is 0.0521. The Morgan fingerprint density at radius 3 is 2.59 bits per heavy atom. The number of amides is 1. The minimum atomic E-state index is -0.368. The molecule has 2 N–H and O–H groups in total. The van der Waals surface area contributed by atoms with Gasteiger partial charge >= 0.3 is 0 Å². The van der Waals surface area contributed by atoms with Crippen molar-refractivity contribution in [1.82, 2.24) is 14.8 Å². The number of hydrogen-bond acceptors (Lipinski definition) is 4. The number of aromatic hydroxyl groups is 1. The van der Waals surface area contributed by atoms with Crippen LogP contribution in [0.4, 0.5) is 5.69 Å². The maximum Gasteiger partial charge on any atom is 0.259 e. The van der Waals surface area contributed by atoms with Crippen LogP contribution in [0.1, 0.15) is 21.5 Å². The highest BCUT2D eigenvalue weighted by atomic mass is 16.3. The molecule has 4 rings (SSSR count). The number of anilines is 1. The zero-order valence-corrected chi connectivity index (χ0v) is 15.9. The Bertz CT molecular complexity index is 1150. The van der Waals surface area contributed by atoms with Gasteiger partial charge in [0.1, 0.15) is 12.1 Å². The number of rotatable bonds is 5. The molecule has 0 atom stereocenters. The van der Waals surface area contributed by atoms with Gasteiger partial charge in [-0.05, 0) is 41.8 Å². The smallest absolute Gasteiger partial charge is 0.259 e. The van der Waals surface area contributed by atoms with E-state index in [9.17, 15) is 9.90 Å². The lowest BCUT2D eigenvalue weighted by Gasteiger charge is -2.10. The third-order valence-electron chi connectivity index (χ3n) is 4.65. The van der Waals surface area contributed by atoms with Crippen molar-refractivity contribution >= 4 is 11.6 Å². The molecule has 0 aliphatic heterocycles. The van der Waals surface area contributed by atoms with E-state index in [2.05, 4.69) is 15.5 Å². The molecule has 29 heavy (non-hydrogen) atoms. The maximum atomic E-state index is 12.8. The number of aromatic nitrogens is 3. The van der Waals surface area contributed by atoms with Crippen LogP contribution in [-0.4, -0.2) is 25.8 Å².